The molecule has 0 aliphatic carbocycles. The molecule has 1 aliphatic heterocycles. The molecule has 0 unspecified atom stereocenters. The lowest BCUT2D eigenvalue weighted by Gasteiger charge is -2.33. The van der Waals surface area contributed by atoms with E-state index in [-0.39, 0.29) is 30.3 Å². The van der Waals surface area contributed by atoms with Gasteiger partial charge in [-0.15, -0.1) is 0 Å². The molecule has 144 valence electrons. The molecule has 2 amide bonds. The van der Waals surface area contributed by atoms with E-state index in [1.807, 2.05) is 0 Å². The number of carbonyl (C=O) groups excluding carboxylic acids is 1. The first-order valence-corrected chi connectivity index (χ1v) is 8.83. The number of nitrogens with zero attached hydrogens (tertiary/aromatic N) is 4. The van der Waals surface area contributed by atoms with Crippen molar-refractivity contribution in [3.63, 3.8) is 0 Å². The quantitative estimate of drug-likeness (QED) is 0.888. The van der Waals surface area contributed by atoms with Crippen molar-refractivity contribution in [3.8, 4) is 17.1 Å². The minimum Gasteiger partial charge on any atom is -0.460 e. The number of halogens is 1. The van der Waals surface area contributed by atoms with E-state index in [9.17, 15) is 14.3 Å². The second-order valence-corrected chi connectivity index (χ2v) is 6.67. The second-order valence-electron chi connectivity index (χ2n) is 6.67. The highest BCUT2D eigenvalue weighted by atomic mass is 19.1. The van der Waals surface area contributed by atoms with Gasteiger partial charge in [0.05, 0.1) is 6.61 Å². The standard InChI is InChI=1S/C19H23FN4O3/c1-23(2)19(26)24-8-6-15(7-9-24)27-18-21-10-14(11-22-18)16-5-3-4-13(12-25)17(16)20/h3-5,10-11,15,25H,6-9,12H2,1-2H3. The van der Waals surface area contributed by atoms with Gasteiger partial charge in [-0.05, 0) is 0 Å². The number of piperidine rings is 1. The number of aliphatic hydroxyl groups excluding tert-OH is 1. The topological polar surface area (TPSA) is 78.8 Å². The van der Waals surface area contributed by atoms with Crippen LogP contribution in [0.25, 0.3) is 11.1 Å². The number of ether oxygens (including phenoxy) is 1. The predicted octanol–water partition coefficient (Wildman–Crippen LogP) is 2.30. The first kappa shape index (κ1) is 19.0. The Balaban J connectivity index is 1.62. The molecule has 1 aliphatic rings. The summed E-state index contributed by atoms with van der Waals surface area (Å²) in [6.07, 6.45) is 4.37. The molecule has 2 heterocycles. The first-order chi connectivity index (χ1) is 13.0. The van der Waals surface area contributed by atoms with Crippen molar-refractivity contribution in [2.24, 2.45) is 0 Å². The molecular weight excluding hydrogens is 351 g/mol. The Kier molecular flexibility index (Phi) is 5.85. The van der Waals surface area contributed by atoms with Gasteiger partial charge in [-0.1, -0.05) is 18.2 Å². The van der Waals surface area contributed by atoms with Crippen LogP contribution in [0.5, 0.6) is 6.01 Å². The normalized spacial score (nSPS) is 14.9. The van der Waals surface area contributed by atoms with Gasteiger partial charge in [0.2, 0.25) is 0 Å². The highest BCUT2D eigenvalue weighted by Gasteiger charge is 2.25. The molecular formula is C19H23FN4O3. The van der Waals surface area contributed by atoms with Crippen LogP contribution in [-0.4, -0.2) is 64.2 Å². The van der Waals surface area contributed by atoms with E-state index in [1.54, 1.807) is 36.0 Å². The van der Waals surface area contributed by atoms with Gasteiger partial charge < -0.3 is 19.6 Å². The highest BCUT2D eigenvalue weighted by Crippen LogP contribution is 2.25. The monoisotopic (exact) mass is 374 g/mol. The van der Waals surface area contributed by atoms with E-state index in [0.717, 1.165) is 0 Å². The molecule has 3 rings (SSSR count). The maximum Gasteiger partial charge on any atom is 0.319 e. The first-order valence-electron chi connectivity index (χ1n) is 8.83. The Bertz CT molecular complexity index is 790. The minimum absolute atomic E-state index is 0.00110. The number of aromatic nitrogens is 2. The van der Waals surface area contributed by atoms with Crippen molar-refractivity contribution in [1.29, 1.82) is 0 Å². The van der Waals surface area contributed by atoms with Crippen molar-refractivity contribution in [3.05, 3.63) is 42.0 Å². The molecule has 1 aromatic carbocycles. The van der Waals surface area contributed by atoms with E-state index in [1.165, 1.54) is 18.5 Å². The number of urea groups is 1. The molecule has 2 aromatic rings. The zero-order valence-electron chi connectivity index (χ0n) is 15.4. The summed E-state index contributed by atoms with van der Waals surface area (Å²) >= 11 is 0. The Morgan fingerprint density at radius 1 is 1.30 bits per heavy atom. The maximum absolute atomic E-state index is 14.3. The van der Waals surface area contributed by atoms with Crippen molar-refractivity contribution in [1.82, 2.24) is 19.8 Å². The average molecular weight is 374 g/mol. The van der Waals surface area contributed by atoms with Crippen molar-refractivity contribution < 1.29 is 19.0 Å². The zero-order chi connectivity index (χ0) is 19.4. The van der Waals surface area contributed by atoms with Crippen LogP contribution >= 0.6 is 0 Å². The summed E-state index contributed by atoms with van der Waals surface area (Å²) in [5.74, 6) is -0.477. The SMILES string of the molecule is CN(C)C(=O)N1CCC(Oc2ncc(-c3cccc(CO)c3F)cn2)CC1. The van der Waals surface area contributed by atoms with Crippen LogP contribution in [0.1, 0.15) is 18.4 Å². The summed E-state index contributed by atoms with van der Waals surface area (Å²) in [4.78, 5) is 23.7. The number of amides is 2. The van der Waals surface area contributed by atoms with Gasteiger partial charge in [-0.25, -0.2) is 19.2 Å². The van der Waals surface area contributed by atoms with Gasteiger partial charge in [-0.2, -0.15) is 0 Å². The van der Waals surface area contributed by atoms with Crippen LogP contribution in [0.3, 0.4) is 0 Å². The van der Waals surface area contributed by atoms with Crippen molar-refractivity contribution >= 4 is 6.03 Å². The lowest BCUT2D eigenvalue weighted by molar-refractivity contribution is 0.0949. The van der Waals surface area contributed by atoms with E-state index in [4.69, 9.17) is 4.74 Å². The van der Waals surface area contributed by atoms with Gasteiger partial charge in [-0.3, -0.25) is 0 Å². The summed E-state index contributed by atoms with van der Waals surface area (Å²) in [7, 11) is 3.47. The fraction of sp³-hybridized carbons (Fsp3) is 0.421. The van der Waals surface area contributed by atoms with Crippen LogP contribution in [0, 0.1) is 5.82 Å². The number of rotatable bonds is 4. The summed E-state index contributed by atoms with van der Waals surface area (Å²) in [5, 5.41) is 9.18. The third-order valence-corrected chi connectivity index (χ3v) is 4.56. The Morgan fingerprint density at radius 3 is 2.56 bits per heavy atom. The third-order valence-electron chi connectivity index (χ3n) is 4.56. The molecule has 0 spiro atoms. The van der Waals surface area contributed by atoms with Gasteiger partial charge in [0.25, 0.3) is 0 Å². The fourth-order valence-corrected chi connectivity index (χ4v) is 3.04. The Morgan fingerprint density at radius 2 is 1.96 bits per heavy atom. The van der Waals surface area contributed by atoms with E-state index in [0.29, 0.717) is 37.1 Å². The lowest BCUT2D eigenvalue weighted by atomic mass is 10.1. The van der Waals surface area contributed by atoms with Crippen LogP contribution < -0.4 is 4.74 Å². The summed E-state index contributed by atoms with van der Waals surface area (Å²) < 4.78 is 20.1. The molecule has 27 heavy (non-hydrogen) atoms. The fourth-order valence-electron chi connectivity index (χ4n) is 3.04. The second kappa shape index (κ2) is 8.30. The van der Waals surface area contributed by atoms with E-state index < -0.39 is 5.82 Å². The largest absolute Gasteiger partial charge is 0.460 e. The van der Waals surface area contributed by atoms with Crippen LogP contribution in [-0.2, 0) is 6.61 Å². The number of benzene rings is 1. The molecule has 0 radical (unpaired) electrons. The summed E-state index contributed by atoms with van der Waals surface area (Å²) in [6.45, 7) is 0.884. The smallest absolute Gasteiger partial charge is 0.319 e. The number of aliphatic hydroxyl groups is 1. The number of hydrogen-bond donors (Lipinski definition) is 1. The van der Waals surface area contributed by atoms with Gasteiger partial charge in [0.1, 0.15) is 11.9 Å². The zero-order valence-corrected chi connectivity index (χ0v) is 15.4. The van der Waals surface area contributed by atoms with Gasteiger partial charge >= 0.3 is 12.0 Å². The summed E-state index contributed by atoms with van der Waals surface area (Å²) in [6, 6.07) is 5.06. The van der Waals surface area contributed by atoms with Crippen LogP contribution in [0.4, 0.5) is 9.18 Å². The third kappa shape index (κ3) is 4.33. The molecule has 0 saturated carbocycles. The van der Waals surface area contributed by atoms with Crippen LogP contribution in [0.2, 0.25) is 0 Å². The molecule has 1 saturated heterocycles. The molecule has 7 nitrogen and oxygen atoms in total. The predicted molar refractivity (Wildman–Crippen MR) is 97.7 cm³/mol. The molecule has 0 atom stereocenters. The van der Waals surface area contributed by atoms with Gasteiger partial charge in [0, 0.05) is 69.1 Å². The maximum atomic E-state index is 14.3. The molecule has 1 fully saturated rings. The van der Waals surface area contributed by atoms with Crippen LogP contribution in [0.15, 0.2) is 30.6 Å². The summed E-state index contributed by atoms with van der Waals surface area (Å²) in [5.41, 5.74) is 1.08. The molecule has 1 aromatic heterocycles. The Hall–Kier alpha value is -2.74. The molecule has 1 N–H and O–H groups in total. The average Bonchev–Trinajstić information content (AvgIpc) is 2.69. The highest BCUT2D eigenvalue weighted by molar-refractivity contribution is 5.73. The lowest BCUT2D eigenvalue weighted by Crippen LogP contribution is -2.46. The van der Waals surface area contributed by atoms with E-state index >= 15 is 0 Å². The molecule has 8 heteroatoms. The molecule has 0 bridgehead atoms. The van der Waals surface area contributed by atoms with Gasteiger partial charge in [0.15, 0.2) is 0 Å². The minimum atomic E-state index is -0.477. The Labute approximate surface area is 157 Å². The van der Waals surface area contributed by atoms with Crippen molar-refractivity contribution in [2.75, 3.05) is 27.2 Å². The van der Waals surface area contributed by atoms with E-state index in [2.05, 4.69) is 9.97 Å². The number of carbonyl (C=O) groups is 1. The number of likely N-dealkylation sites (tertiary alicyclic amines) is 1. The number of hydrogen-bond acceptors (Lipinski definition) is 5. The van der Waals surface area contributed by atoms with Crippen molar-refractivity contribution in [2.45, 2.75) is 25.6 Å².